The number of aryl methyl sites for hydroxylation is 1. The summed E-state index contributed by atoms with van der Waals surface area (Å²) in [6.07, 6.45) is 0.0700. The maximum atomic E-state index is 10.5. The lowest BCUT2D eigenvalue weighted by atomic mass is 9.94. The average molecular weight is 296 g/mol. The van der Waals surface area contributed by atoms with Crippen molar-refractivity contribution in [2.24, 2.45) is 0 Å². The molecule has 3 heteroatoms. The molecule has 1 aromatic heterocycles. The fourth-order valence-corrected chi connectivity index (χ4v) is 4.01. The van der Waals surface area contributed by atoms with Crippen LogP contribution in [0.2, 0.25) is 0 Å². The standard InChI is InChI=1S/C18H16O2S/c1-11-6-7-16-13(8-11)15(19)9-17(20-16)14-10-21-18-5-3-2-4-12(14)18/h2-8,10,15,17,19H,9H2,1H3/t15-,17?/m0/s1. The first kappa shape index (κ1) is 12.9. The lowest BCUT2D eigenvalue weighted by molar-refractivity contribution is 0.0665. The zero-order valence-electron chi connectivity index (χ0n) is 11.7. The van der Waals surface area contributed by atoms with Gasteiger partial charge in [-0.2, -0.15) is 0 Å². The third kappa shape index (κ3) is 2.13. The number of aliphatic hydroxyl groups is 1. The molecule has 4 rings (SSSR count). The molecule has 1 N–H and O–H groups in total. The third-order valence-corrected chi connectivity index (χ3v) is 5.07. The van der Waals surface area contributed by atoms with Gasteiger partial charge < -0.3 is 9.84 Å². The van der Waals surface area contributed by atoms with Crippen molar-refractivity contribution >= 4 is 21.4 Å². The van der Waals surface area contributed by atoms with E-state index in [0.717, 1.165) is 16.9 Å². The number of ether oxygens (including phenoxy) is 1. The van der Waals surface area contributed by atoms with Gasteiger partial charge in [-0.1, -0.05) is 29.8 Å². The average Bonchev–Trinajstić information content (AvgIpc) is 2.92. The molecule has 0 radical (unpaired) electrons. The topological polar surface area (TPSA) is 29.5 Å². The van der Waals surface area contributed by atoms with Gasteiger partial charge in [0.15, 0.2) is 0 Å². The number of aliphatic hydroxyl groups excluding tert-OH is 1. The van der Waals surface area contributed by atoms with E-state index in [-0.39, 0.29) is 6.10 Å². The van der Waals surface area contributed by atoms with E-state index in [1.165, 1.54) is 15.6 Å². The fraction of sp³-hybridized carbons (Fsp3) is 0.222. The second kappa shape index (κ2) is 4.86. The Kier molecular flexibility index (Phi) is 2.98. The molecule has 1 aliphatic heterocycles. The second-order valence-corrected chi connectivity index (χ2v) is 6.50. The number of hydrogen-bond donors (Lipinski definition) is 1. The number of thiophene rings is 1. The quantitative estimate of drug-likeness (QED) is 0.701. The van der Waals surface area contributed by atoms with Crippen LogP contribution in [-0.4, -0.2) is 5.11 Å². The molecule has 2 atom stereocenters. The molecule has 1 unspecified atom stereocenters. The van der Waals surface area contributed by atoms with Crippen molar-refractivity contribution in [3.63, 3.8) is 0 Å². The molecule has 21 heavy (non-hydrogen) atoms. The second-order valence-electron chi connectivity index (χ2n) is 5.59. The summed E-state index contributed by atoms with van der Waals surface area (Å²) < 4.78 is 7.42. The van der Waals surface area contributed by atoms with Crippen molar-refractivity contribution in [2.45, 2.75) is 25.6 Å². The largest absolute Gasteiger partial charge is 0.485 e. The highest BCUT2D eigenvalue weighted by molar-refractivity contribution is 7.17. The van der Waals surface area contributed by atoms with E-state index < -0.39 is 6.10 Å². The molecule has 0 spiro atoms. The molecule has 3 aromatic rings. The van der Waals surface area contributed by atoms with Gasteiger partial charge in [-0.3, -0.25) is 0 Å². The van der Waals surface area contributed by atoms with Gasteiger partial charge in [0.1, 0.15) is 11.9 Å². The van der Waals surface area contributed by atoms with Crippen molar-refractivity contribution in [3.05, 3.63) is 64.5 Å². The molecular formula is C18H16O2S. The Hall–Kier alpha value is -1.84. The van der Waals surface area contributed by atoms with Crippen LogP contribution in [0.15, 0.2) is 47.8 Å². The van der Waals surface area contributed by atoms with Crippen molar-refractivity contribution in [1.29, 1.82) is 0 Å². The van der Waals surface area contributed by atoms with Gasteiger partial charge in [0.05, 0.1) is 6.10 Å². The van der Waals surface area contributed by atoms with E-state index in [1.54, 1.807) is 11.3 Å². The first-order valence-electron chi connectivity index (χ1n) is 7.14. The van der Waals surface area contributed by atoms with E-state index in [1.807, 2.05) is 25.1 Å². The summed E-state index contributed by atoms with van der Waals surface area (Å²) in [7, 11) is 0. The van der Waals surface area contributed by atoms with Gasteiger partial charge in [0.2, 0.25) is 0 Å². The Morgan fingerprint density at radius 3 is 2.90 bits per heavy atom. The summed E-state index contributed by atoms with van der Waals surface area (Å²) in [6, 6.07) is 14.4. The first-order valence-corrected chi connectivity index (χ1v) is 8.02. The first-order chi connectivity index (χ1) is 10.2. The molecule has 2 heterocycles. The number of hydrogen-bond acceptors (Lipinski definition) is 3. The molecule has 0 saturated carbocycles. The Balaban J connectivity index is 1.76. The summed E-state index contributed by atoms with van der Waals surface area (Å²) in [4.78, 5) is 0. The number of fused-ring (bicyclic) bond motifs is 2. The Morgan fingerprint density at radius 1 is 1.14 bits per heavy atom. The van der Waals surface area contributed by atoms with Crippen LogP contribution in [0.25, 0.3) is 10.1 Å². The third-order valence-electron chi connectivity index (χ3n) is 4.09. The van der Waals surface area contributed by atoms with Crippen LogP contribution < -0.4 is 4.74 Å². The van der Waals surface area contributed by atoms with E-state index in [4.69, 9.17) is 4.74 Å². The van der Waals surface area contributed by atoms with Crippen molar-refractivity contribution < 1.29 is 9.84 Å². The lowest BCUT2D eigenvalue weighted by Gasteiger charge is -2.30. The predicted molar refractivity (Wildman–Crippen MR) is 85.9 cm³/mol. The summed E-state index contributed by atoms with van der Waals surface area (Å²) in [5.41, 5.74) is 3.24. The SMILES string of the molecule is Cc1ccc2c(c1)[C@@H](O)CC(c1csc3ccccc13)O2. The summed E-state index contributed by atoms with van der Waals surface area (Å²) in [5.74, 6) is 0.805. The Labute approximate surface area is 127 Å². The van der Waals surface area contributed by atoms with E-state index in [9.17, 15) is 5.11 Å². The highest BCUT2D eigenvalue weighted by atomic mass is 32.1. The van der Waals surface area contributed by atoms with Gasteiger partial charge in [0.25, 0.3) is 0 Å². The summed E-state index contributed by atoms with van der Waals surface area (Å²) in [5, 5.41) is 13.8. The Morgan fingerprint density at radius 2 is 2.00 bits per heavy atom. The van der Waals surface area contributed by atoms with Crippen molar-refractivity contribution in [3.8, 4) is 5.75 Å². The maximum Gasteiger partial charge on any atom is 0.128 e. The van der Waals surface area contributed by atoms with Gasteiger partial charge in [-0.05, 0) is 35.9 Å². The van der Waals surface area contributed by atoms with E-state index in [2.05, 4.69) is 29.6 Å². The monoisotopic (exact) mass is 296 g/mol. The van der Waals surface area contributed by atoms with Crippen molar-refractivity contribution in [2.75, 3.05) is 0 Å². The van der Waals surface area contributed by atoms with Crippen LogP contribution in [0.3, 0.4) is 0 Å². The molecule has 2 aromatic carbocycles. The molecule has 2 nitrogen and oxygen atoms in total. The lowest BCUT2D eigenvalue weighted by Crippen LogP contribution is -2.18. The van der Waals surface area contributed by atoms with Crippen LogP contribution in [-0.2, 0) is 0 Å². The van der Waals surface area contributed by atoms with Gasteiger partial charge in [0, 0.05) is 22.2 Å². The maximum absolute atomic E-state index is 10.5. The summed E-state index contributed by atoms with van der Waals surface area (Å²) >= 11 is 1.73. The van der Waals surface area contributed by atoms with Gasteiger partial charge >= 0.3 is 0 Å². The number of rotatable bonds is 1. The molecular weight excluding hydrogens is 280 g/mol. The highest BCUT2D eigenvalue weighted by Gasteiger charge is 2.29. The van der Waals surface area contributed by atoms with E-state index in [0.29, 0.717) is 6.42 Å². The molecule has 0 fully saturated rings. The van der Waals surface area contributed by atoms with Crippen LogP contribution >= 0.6 is 11.3 Å². The minimum absolute atomic E-state index is 0.0774. The Bertz CT molecular complexity index is 806. The zero-order valence-corrected chi connectivity index (χ0v) is 12.6. The highest BCUT2D eigenvalue weighted by Crippen LogP contribution is 2.43. The molecule has 0 amide bonds. The molecule has 0 bridgehead atoms. The smallest absolute Gasteiger partial charge is 0.128 e. The van der Waals surface area contributed by atoms with Crippen molar-refractivity contribution in [1.82, 2.24) is 0 Å². The molecule has 1 aliphatic rings. The number of benzene rings is 2. The molecule has 0 saturated heterocycles. The zero-order chi connectivity index (χ0) is 14.4. The van der Waals surface area contributed by atoms with Crippen LogP contribution in [0, 0.1) is 6.92 Å². The molecule has 106 valence electrons. The minimum atomic E-state index is -0.461. The molecule has 0 aliphatic carbocycles. The van der Waals surface area contributed by atoms with Crippen LogP contribution in [0.4, 0.5) is 0 Å². The fourth-order valence-electron chi connectivity index (χ4n) is 3.00. The summed E-state index contributed by atoms with van der Waals surface area (Å²) in [6.45, 7) is 2.03. The normalized spacial score (nSPS) is 21.0. The minimum Gasteiger partial charge on any atom is -0.485 e. The predicted octanol–water partition coefficient (Wildman–Crippen LogP) is 4.77. The van der Waals surface area contributed by atoms with Gasteiger partial charge in [-0.15, -0.1) is 11.3 Å². The van der Waals surface area contributed by atoms with Crippen LogP contribution in [0.1, 0.15) is 35.3 Å². The van der Waals surface area contributed by atoms with Crippen LogP contribution in [0.5, 0.6) is 5.75 Å². The van der Waals surface area contributed by atoms with E-state index >= 15 is 0 Å². The van der Waals surface area contributed by atoms with Gasteiger partial charge in [-0.25, -0.2) is 0 Å².